The van der Waals surface area contributed by atoms with E-state index in [1.165, 1.54) is 16.7 Å². The lowest BCUT2D eigenvalue weighted by atomic mass is 9.91. The summed E-state index contributed by atoms with van der Waals surface area (Å²) in [6.07, 6.45) is -0.814. The summed E-state index contributed by atoms with van der Waals surface area (Å²) in [4.78, 5) is 37.5. The second-order valence-electron chi connectivity index (χ2n) is 6.78. The zero-order valence-corrected chi connectivity index (χ0v) is 17.9. The van der Waals surface area contributed by atoms with Crippen LogP contribution in [-0.4, -0.2) is 71.3 Å². The largest absolute Gasteiger partial charge is 0.480 e. The molecule has 5 atom stereocenters. The van der Waals surface area contributed by atoms with Crippen molar-refractivity contribution in [1.29, 1.82) is 0 Å². The first kappa shape index (κ1) is 21.5. The number of fused-ring (bicyclic) bond motifs is 1. The van der Waals surface area contributed by atoms with Crippen LogP contribution >= 0.6 is 35.5 Å². The molecule has 2 N–H and O–H groups in total. The molecule has 2 heterocycles. The third kappa shape index (κ3) is 4.51. The third-order valence-corrected chi connectivity index (χ3v) is 8.42. The Morgan fingerprint density at radius 1 is 1.32 bits per heavy atom. The SMILES string of the molecule is C[C@@H](O)[C@H]1C(=O)N2C(C(=O)O)C(CSC(=O)SN(C)Cc3ccccc3)S[C@H]12. The lowest BCUT2D eigenvalue weighted by molar-refractivity contribution is -0.167. The summed E-state index contributed by atoms with van der Waals surface area (Å²) in [6.45, 7) is 2.16. The van der Waals surface area contributed by atoms with Gasteiger partial charge in [-0.1, -0.05) is 42.1 Å². The van der Waals surface area contributed by atoms with E-state index < -0.39 is 24.0 Å². The first-order valence-corrected chi connectivity index (χ1v) is 11.5. The fraction of sp³-hybridized carbons (Fsp3) is 0.500. The molecule has 1 amide bonds. The quantitative estimate of drug-likeness (QED) is 0.487. The normalized spacial score (nSPS) is 27.4. The molecule has 1 aromatic carbocycles. The number of thioether (sulfide) groups is 2. The van der Waals surface area contributed by atoms with Gasteiger partial charge >= 0.3 is 5.97 Å². The molecule has 7 nitrogen and oxygen atoms in total. The molecule has 2 aliphatic rings. The zero-order chi connectivity index (χ0) is 20.4. The van der Waals surface area contributed by atoms with E-state index in [1.54, 1.807) is 6.92 Å². The molecule has 28 heavy (non-hydrogen) atoms. The number of carbonyl (C=O) groups excluding carboxylic acids is 2. The molecule has 0 aliphatic carbocycles. The van der Waals surface area contributed by atoms with Crippen molar-refractivity contribution in [2.24, 2.45) is 5.92 Å². The second-order valence-corrected chi connectivity index (χ2v) is 10.6. The van der Waals surface area contributed by atoms with E-state index in [4.69, 9.17) is 0 Å². The number of aliphatic hydroxyl groups is 1. The predicted octanol–water partition coefficient (Wildman–Crippen LogP) is 2.35. The average Bonchev–Trinajstić information content (AvgIpc) is 2.94. The van der Waals surface area contributed by atoms with E-state index in [9.17, 15) is 24.6 Å². The van der Waals surface area contributed by atoms with E-state index in [1.807, 2.05) is 41.7 Å². The van der Waals surface area contributed by atoms with Crippen molar-refractivity contribution in [1.82, 2.24) is 9.21 Å². The number of aliphatic carboxylic acids is 1. The molecule has 1 aromatic rings. The van der Waals surface area contributed by atoms with Crippen LogP contribution < -0.4 is 0 Å². The number of β-lactam (4-membered cyclic amide) rings is 1. The Balaban J connectivity index is 1.52. The van der Waals surface area contributed by atoms with Crippen molar-refractivity contribution < 1.29 is 24.6 Å². The molecule has 0 saturated carbocycles. The van der Waals surface area contributed by atoms with Gasteiger partial charge in [0, 0.05) is 29.5 Å². The highest BCUT2D eigenvalue weighted by atomic mass is 32.2. The Hall–Kier alpha value is -1.20. The maximum absolute atomic E-state index is 12.3. The predicted molar refractivity (Wildman–Crippen MR) is 112 cm³/mol. The van der Waals surface area contributed by atoms with Crippen LogP contribution in [0.5, 0.6) is 0 Å². The molecule has 0 aromatic heterocycles. The minimum absolute atomic E-state index is 0.115. The Morgan fingerprint density at radius 3 is 2.61 bits per heavy atom. The Kier molecular flexibility index (Phi) is 6.98. The highest BCUT2D eigenvalue weighted by Crippen LogP contribution is 2.49. The summed E-state index contributed by atoms with van der Waals surface area (Å²) >= 11 is 3.53. The number of carboxylic acids is 1. The van der Waals surface area contributed by atoms with Crippen LogP contribution in [0.1, 0.15) is 12.5 Å². The number of carboxylic acid groups (broad SMARTS) is 1. The van der Waals surface area contributed by atoms with Crippen molar-refractivity contribution in [2.45, 2.75) is 36.2 Å². The molecule has 3 rings (SSSR count). The number of hydrogen-bond acceptors (Lipinski definition) is 8. The average molecular weight is 443 g/mol. The zero-order valence-electron chi connectivity index (χ0n) is 15.4. The van der Waals surface area contributed by atoms with Gasteiger partial charge in [-0.05, 0) is 19.5 Å². The number of amides is 1. The van der Waals surface area contributed by atoms with Gasteiger partial charge in [0.2, 0.25) is 5.91 Å². The van der Waals surface area contributed by atoms with Gasteiger partial charge in [-0.15, -0.1) is 11.8 Å². The lowest BCUT2D eigenvalue weighted by Gasteiger charge is -2.44. The summed E-state index contributed by atoms with van der Waals surface area (Å²) in [6, 6.07) is 8.84. The van der Waals surface area contributed by atoms with Crippen LogP contribution in [0.15, 0.2) is 30.3 Å². The van der Waals surface area contributed by atoms with Crippen LogP contribution in [0, 0.1) is 5.92 Å². The van der Waals surface area contributed by atoms with Crippen molar-refractivity contribution in [3.05, 3.63) is 35.9 Å². The number of benzene rings is 1. The number of aliphatic hydroxyl groups excluding tert-OH is 1. The number of rotatable bonds is 7. The molecule has 2 saturated heterocycles. The molecule has 0 spiro atoms. The van der Waals surface area contributed by atoms with Crippen molar-refractivity contribution in [2.75, 3.05) is 12.8 Å². The standard InChI is InChI=1S/C18H22N2O5S3/c1-10(21)13-15(22)20-14(17(23)24)12(27-16(13)20)9-26-18(25)28-19(2)8-11-6-4-3-5-7-11/h3-7,10,12-14,16,21H,8-9H2,1-2H3,(H,23,24)/t10-,12?,13+,14?,16-/m1/s1. The summed E-state index contributed by atoms with van der Waals surface area (Å²) in [7, 11) is 1.83. The molecule has 10 heteroatoms. The summed E-state index contributed by atoms with van der Waals surface area (Å²) < 4.78 is 1.72. The van der Waals surface area contributed by atoms with Gasteiger partial charge < -0.3 is 15.1 Å². The third-order valence-electron chi connectivity index (χ3n) is 4.70. The van der Waals surface area contributed by atoms with Gasteiger partial charge in [-0.3, -0.25) is 9.59 Å². The molecule has 2 unspecified atom stereocenters. The van der Waals surface area contributed by atoms with E-state index in [-0.39, 0.29) is 21.0 Å². The Bertz CT molecular complexity index is 748. The van der Waals surface area contributed by atoms with E-state index in [0.29, 0.717) is 12.3 Å². The Labute approximate surface area is 176 Å². The monoisotopic (exact) mass is 442 g/mol. The summed E-state index contributed by atoms with van der Waals surface area (Å²) in [5.41, 5.74) is 1.10. The van der Waals surface area contributed by atoms with Crippen LogP contribution in [0.25, 0.3) is 0 Å². The van der Waals surface area contributed by atoms with Crippen LogP contribution in [-0.2, 0) is 16.1 Å². The summed E-state index contributed by atoms with van der Waals surface area (Å²) in [5.74, 6) is -1.65. The van der Waals surface area contributed by atoms with Gasteiger partial charge in [0.15, 0.2) is 0 Å². The topological polar surface area (TPSA) is 98.1 Å². The fourth-order valence-electron chi connectivity index (χ4n) is 3.42. The van der Waals surface area contributed by atoms with E-state index >= 15 is 0 Å². The van der Waals surface area contributed by atoms with Gasteiger partial charge in [0.1, 0.15) is 6.04 Å². The summed E-state index contributed by atoms with van der Waals surface area (Å²) in [5, 5.41) is 18.6. The fourth-order valence-corrected chi connectivity index (χ4v) is 7.32. The first-order chi connectivity index (χ1) is 13.3. The maximum atomic E-state index is 12.3. The molecule has 0 bridgehead atoms. The van der Waals surface area contributed by atoms with Crippen molar-refractivity contribution in [3.8, 4) is 0 Å². The number of nitrogens with zero attached hydrogens (tertiary/aromatic N) is 2. The van der Waals surface area contributed by atoms with Gasteiger partial charge in [-0.2, -0.15) is 0 Å². The smallest absolute Gasteiger partial charge is 0.327 e. The van der Waals surface area contributed by atoms with Gasteiger partial charge in [0.05, 0.1) is 17.4 Å². The van der Waals surface area contributed by atoms with Gasteiger partial charge in [0.25, 0.3) is 4.45 Å². The second kappa shape index (κ2) is 9.08. The lowest BCUT2D eigenvalue weighted by Crippen LogP contribution is -2.64. The molecule has 0 radical (unpaired) electrons. The first-order valence-electron chi connectivity index (χ1n) is 8.78. The Morgan fingerprint density at radius 2 is 2.00 bits per heavy atom. The molecule has 152 valence electrons. The maximum Gasteiger partial charge on any atom is 0.327 e. The van der Waals surface area contributed by atoms with E-state index in [2.05, 4.69) is 0 Å². The number of hydrogen-bond donors (Lipinski definition) is 2. The molecule has 2 fully saturated rings. The van der Waals surface area contributed by atoms with Crippen LogP contribution in [0.4, 0.5) is 4.79 Å². The van der Waals surface area contributed by atoms with Crippen molar-refractivity contribution >= 4 is 51.8 Å². The minimum atomic E-state index is -1.07. The van der Waals surface area contributed by atoms with E-state index in [0.717, 1.165) is 29.3 Å². The van der Waals surface area contributed by atoms with Gasteiger partial charge in [-0.25, -0.2) is 9.10 Å². The molecule has 2 aliphatic heterocycles. The van der Waals surface area contributed by atoms with Crippen LogP contribution in [0.2, 0.25) is 0 Å². The molecular weight excluding hydrogens is 420 g/mol. The highest BCUT2D eigenvalue weighted by Gasteiger charge is 2.61. The minimum Gasteiger partial charge on any atom is -0.480 e. The number of carbonyl (C=O) groups is 3. The highest BCUT2D eigenvalue weighted by molar-refractivity contribution is 8.37. The van der Waals surface area contributed by atoms with Crippen molar-refractivity contribution in [3.63, 3.8) is 0 Å². The molecular formula is C18H22N2O5S3. The van der Waals surface area contributed by atoms with Crippen LogP contribution in [0.3, 0.4) is 0 Å².